The first kappa shape index (κ1) is 31.8. The fourth-order valence-corrected chi connectivity index (χ4v) is 11.1. The molecule has 1 heterocycles. The molecule has 42 heavy (non-hydrogen) atoms. The summed E-state index contributed by atoms with van der Waals surface area (Å²) in [7, 11) is 0. The molecule has 6 heteroatoms. The number of carbonyl (C=O) groups excluding carboxylic acids is 2. The van der Waals surface area contributed by atoms with Crippen molar-refractivity contribution in [3.63, 3.8) is 0 Å². The van der Waals surface area contributed by atoms with Gasteiger partial charge in [-0.05, 0) is 130 Å². The molecule has 6 aliphatic carbocycles. The Balaban J connectivity index is 0.000000127. The highest BCUT2D eigenvalue weighted by Crippen LogP contribution is 2.64. The van der Waals surface area contributed by atoms with E-state index < -0.39 is 5.97 Å². The van der Waals surface area contributed by atoms with E-state index in [-0.39, 0.29) is 34.8 Å². The molecule has 7 fully saturated rings. The van der Waals surface area contributed by atoms with Gasteiger partial charge in [-0.3, -0.25) is 14.4 Å². The Morgan fingerprint density at radius 3 is 1.69 bits per heavy atom. The highest BCUT2D eigenvalue weighted by molar-refractivity contribution is 5.74. The van der Waals surface area contributed by atoms with E-state index in [1.807, 2.05) is 20.8 Å². The summed E-state index contributed by atoms with van der Waals surface area (Å²) < 4.78 is 10.7. The van der Waals surface area contributed by atoms with Crippen molar-refractivity contribution < 1.29 is 29.0 Å². The molecule has 1 saturated heterocycles. The second kappa shape index (κ2) is 11.4. The van der Waals surface area contributed by atoms with Gasteiger partial charge in [-0.1, -0.05) is 41.5 Å². The Labute approximate surface area is 254 Å². The summed E-state index contributed by atoms with van der Waals surface area (Å²) in [4.78, 5) is 34.2. The van der Waals surface area contributed by atoms with Crippen LogP contribution in [0.3, 0.4) is 0 Å². The molecular formula is C36H58O6. The van der Waals surface area contributed by atoms with Gasteiger partial charge in [0, 0.05) is 5.41 Å². The van der Waals surface area contributed by atoms with Crippen molar-refractivity contribution >= 4 is 17.9 Å². The average Bonchev–Trinajstić information content (AvgIpc) is 3.75. The summed E-state index contributed by atoms with van der Waals surface area (Å²) in [6.07, 6.45) is 7.70. The fourth-order valence-electron chi connectivity index (χ4n) is 11.1. The summed E-state index contributed by atoms with van der Waals surface area (Å²) in [5, 5.41) is 8.94. The van der Waals surface area contributed by atoms with Crippen LogP contribution >= 0.6 is 0 Å². The van der Waals surface area contributed by atoms with Crippen LogP contribution in [0.15, 0.2) is 0 Å². The van der Waals surface area contributed by atoms with Crippen molar-refractivity contribution in [3.8, 4) is 0 Å². The van der Waals surface area contributed by atoms with E-state index in [1.54, 1.807) is 0 Å². The maximum atomic E-state index is 12.1. The zero-order valence-corrected chi connectivity index (χ0v) is 27.7. The number of cyclic esters (lactones) is 1. The van der Waals surface area contributed by atoms with Crippen LogP contribution in [0.25, 0.3) is 0 Å². The summed E-state index contributed by atoms with van der Waals surface area (Å²) in [5.41, 5.74) is -0.0819. The van der Waals surface area contributed by atoms with E-state index in [1.165, 1.54) is 25.7 Å². The lowest BCUT2D eigenvalue weighted by Gasteiger charge is -2.38. The van der Waals surface area contributed by atoms with Crippen molar-refractivity contribution in [2.24, 2.45) is 88.3 Å². The molecule has 6 bridgehead atoms. The van der Waals surface area contributed by atoms with Crippen LogP contribution in [-0.2, 0) is 23.9 Å². The third-order valence-corrected chi connectivity index (χ3v) is 14.1. The predicted octanol–water partition coefficient (Wildman–Crippen LogP) is 7.49. The zero-order chi connectivity index (χ0) is 30.9. The van der Waals surface area contributed by atoms with Crippen molar-refractivity contribution in [2.75, 3.05) is 6.61 Å². The van der Waals surface area contributed by atoms with Gasteiger partial charge in [0.1, 0.15) is 5.60 Å². The normalized spacial score (nSPS) is 49.4. The quantitative estimate of drug-likeness (QED) is 0.337. The molecule has 238 valence electrons. The van der Waals surface area contributed by atoms with Crippen LogP contribution in [0.5, 0.6) is 0 Å². The standard InChI is InChI=1S/C14H24O2.C12H18O2.C10H16O2/c1-8-9(2)11-6-10(8)7-12(11)13(15)16-14(3,4)5;1-7-8(2)10-3-9(7)4-12(10)5-11(13)14-6-12;1-5-6(2)8-3-7(5)4-9(8)10(11)12/h8-12H,6-7H2,1-5H3;7-10H,3-6H2,1-2H3;5-9H,3-4H2,1-2H3,(H,11,12). The zero-order valence-electron chi connectivity index (χ0n) is 27.7. The topological polar surface area (TPSA) is 89.9 Å². The number of ether oxygens (including phenoxy) is 2. The van der Waals surface area contributed by atoms with Crippen LogP contribution in [0, 0.1) is 88.3 Å². The molecule has 0 aromatic carbocycles. The number of carboxylic acids is 1. The Morgan fingerprint density at radius 1 is 0.762 bits per heavy atom. The molecule has 1 spiro atoms. The predicted molar refractivity (Wildman–Crippen MR) is 162 cm³/mol. The highest BCUT2D eigenvalue weighted by atomic mass is 16.6. The average molecular weight is 587 g/mol. The van der Waals surface area contributed by atoms with Crippen LogP contribution in [-0.4, -0.2) is 35.2 Å². The van der Waals surface area contributed by atoms with Gasteiger partial charge >= 0.3 is 17.9 Å². The molecule has 0 aromatic rings. The smallest absolute Gasteiger partial charge is 0.309 e. The SMILES string of the molecule is CC1C2CC(C(=O)O)C(C2)C1C.CC1C2CC(C(=O)OC(C)(C)C)C(C2)C1C.CC1C2CC(C1C)C1(COC(=O)C1)C2. The van der Waals surface area contributed by atoms with Crippen LogP contribution < -0.4 is 0 Å². The van der Waals surface area contributed by atoms with Gasteiger partial charge in [0.15, 0.2) is 0 Å². The molecule has 15 atom stereocenters. The lowest BCUT2D eigenvalue weighted by Crippen LogP contribution is -2.35. The number of hydrogen-bond acceptors (Lipinski definition) is 5. The van der Waals surface area contributed by atoms with E-state index in [9.17, 15) is 14.4 Å². The van der Waals surface area contributed by atoms with Crippen LogP contribution in [0.1, 0.15) is 107 Å². The molecule has 1 N–H and O–H groups in total. The van der Waals surface area contributed by atoms with E-state index in [0.29, 0.717) is 42.6 Å². The first-order valence-corrected chi connectivity index (χ1v) is 17.1. The lowest BCUT2D eigenvalue weighted by atomic mass is 9.65. The van der Waals surface area contributed by atoms with Crippen molar-refractivity contribution in [1.29, 1.82) is 0 Å². The summed E-state index contributed by atoms with van der Waals surface area (Å²) in [5.74, 6) is 8.33. The first-order valence-electron chi connectivity index (χ1n) is 17.1. The van der Waals surface area contributed by atoms with Crippen molar-refractivity contribution in [3.05, 3.63) is 0 Å². The van der Waals surface area contributed by atoms with Gasteiger partial charge in [0.05, 0.1) is 24.9 Å². The van der Waals surface area contributed by atoms with Gasteiger partial charge in [0.2, 0.25) is 0 Å². The Bertz CT molecular complexity index is 1040. The minimum absolute atomic E-state index is 0.0267. The molecular weight excluding hydrogens is 528 g/mol. The number of esters is 2. The van der Waals surface area contributed by atoms with Gasteiger partial charge in [-0.2, -0.15) is 0 Å². The molecule has 15 unspecified atom stereocenters. The van der Waals surface area contributed by atoms with Crippen LogP contribution in [0.2, 0.25) is 0 Å². The third kappa shape index (κ3) is 5.67. The van der Waals surface area contributed by atoms with E-state index in [4.69, 9.17) is 14.6 Å². The van der Waals surface area contributed by atoms with Gasteiger partial charge in [0.25, 0.3) is 0 Å². The van der Waals surface area contributed by atoms with E-state index >= 15 is 0 Å². The molecule has 7 rings (SSSR count). The number of fused-ring (bicyclic) bond motifs is 7. The Hall–Kier alpha value is -1.59. The molecule has 0 radical (unpaired) electrons. The largest absolute Gasteiger partial charge is 0.481 e. The molecule has 0 amide bonds. The maximum absolute atomic E-state index is 12.1. The molecule has 6 nitrogen and oxygen atoms in total. The van der Waals surface area contributed by atoms with Gasteiger partial charge in [-0.15, -0.1) is 0 Å². The molecule has 6 saturated carbocycles. The Morgan fingerprint density at radius 2 is 1.29 bits per heavy atom. The maximum Gasteiger partial charge on any atom is 0.309 e. The second-order valence-corrected chi connectivity index (χ2v) is 17.0. The minimum atomic E-state index is -0.568. The highest BCUT2D eigenvalue weighted by Gasteiger charge is 2.60. The number of aliphatic carboxylic acids is 1. The third-order valence-electron chi connectivity index (χ3n) is 14.1. The minimum Gasteiger partial charge on any atom is -0.481 e. The molecule has 0 aromatic heterocycles. The molecule has 7 aliphatic rings. The van der Waals surface area contributed by atoms with Crippen LogP contribution in [0.4, 0.5) is 0 Å². The summed E-state index contributed by atoms with van der Waals surface area (Å²) in [6.45, 7) is 20.4. The lowest BCUT2D eigenvalue weighted by molar-refractivity contribution is -0.163. The summed E-state index contributed by atoms with van der Waals surface area (Å²) in [6, 6.07) is 0. The van der Waals surface area contributed by atoms with E-state index in [2.05, 4.69) is 41.5 Å². The van der Waals surface area contributed by atoms with Gasteiger partial charge in [-0.25, -0.2) is 0 Å². The summed E-state index contributed by atoms with van der Waals surface area (Å²) >= 11 is 0. The van der Waals surface area contributed by atoms with Crippen molar-refractivity contribution in [1.82, 2.24) is 0 Å². The number of hydrogen-bond donors (Lipinski definition) is 1. The monoisotopic (exact) mass is 586 g/mol. The fraction of sp³-hybridized carbons (Fsp3) is 0.917. The van der Waals surface area contributed by atoms with Gasteiger partial charge < -0.3 is 14.6 Å². The number of carboxylic acid groups (broad SMARTS) is 1. The number of carbonyl (C=O) groups is 3. The first-order chi connectivity index (χ1) is 19.5. The van der Waals surface area contributed by atoms with E-state index in [0.717, 1.165) is 54.3 Å². The van der Waals surface area contributed by atoms with Crippen molar-refractivity contribution in [2.45, 2.75) is 113 Å². The second-order valence-electron chi connectivity index (χ2n) is 17.0. The number of rotatable bonds is 2. The Kier molecular flexibility index (Phi) is 8.64. The molecule has 1 aliphatic heterocycles.